The van der Waals surface area contributed by atoms with Crippen molar-refractivity contribution in [1.82, 2.24) is 4.98 Å². The average Bonchev–Trinajstić information content (AvgIpc) is 3.05. The maximum Gasteiger partial charge on any atom is 0.224 e. The molecule has 0 aliphatic heterocycles. The fraction of sp³-hybridized carbons (Fsp3) is 0.111. The number of amides is 1. The lowest BCUT2D eigenvalue weighted by Gasteiger charge is -2.05. The van der Waals surface area contributed by atoms with E-state index in [0.717, 1.165) is 10.0 Å². The Morgan fingerprint density at radius 2 is 1.92 bits per heavy atom. The number of carbonyl (C=O) groups excluding carboxylic acids is 1. The summed E-state index contributed by atoms with van der Waals surface area (Å²) in [7, 11) is 0. The summed E-state index contributed by atoms with van der Waals surface area (Å²) >= 11 is 9.41. The third-order valence-corrected chi connectivity index (χ3v) is 4.25. The van der Waals surface area contributed by atoms with Gasteiger partial charge in [-0.25, -0.2) is 4.98 Å². The Hall–Kier alpha value is -2.11. The van der Waals surface area contributed by atoms with Crippen LogP contribution in [-0.4, -0.2) is 10.9 Å². The molecule has 0 spiro atoms. The van der Waals surface area contributed by atoms with Gasteiger partial charge in [0.1, 0.15) is 0 Å². The second kappa shape index (κ2) is 7.64. The number of nitrogens with one attached hydrogen (secondary N) is 1. The van der Waals surface area contributed by atoms with Crippen molar-refractivity contribution in [3.05, 3.63) is 70.1 Å². The molecule has 0 saturated heterocycles. The van der Waals surface area contributed by atoms with Crippen LogP contribution in [0.1, 0.15) is 12.3 Å². The van der Waals surface area contributed by atoms with Gasteiger partial charge >= 0.3 is 0 Å². The van der Waals surface area contributed by atoms with E-state index in [1.807, 2.05) is 36.4 Å². The lowest BCUT2D eigenvalue weighted by molar-refractivity contribution is -0.116. The first-order valence-corrected chi connectivity index (χ1v) is 8.54. The van der Waals surface area contributed by atoms with Gasteiger partial charge in [-0.15, -0.1) is 0 Å². The third-order valence-electron chi connectivity index (χ3n) is 3.40. The van der Waals surface area contributed by atoms with Crippen LogP contribution in [0.25, 0.3) is 11.3 Å². The number of carbonyl (C=O) groups is 1. The quantitative estimate of drug-likeness (QED) is 0.624. The molecule has 0 bridgehead atoms. The van der Waals surface area contributed by atoms with E-state index in [-0.39, 0.29) is 12.3 Å². The fourth-order valence-corrected chi connectivity index (χ4v) is 2.62. The molecule has 1 aromatic heterocycles. The van der Waals surface area contributed by atoms with Crippen LogP contribution in [0.4, 0.5) is 5.69 Å². The predicted molar refractivity (Wildman–Crippen MR) is 98.0 cm³/mol. The van der Waals surface area contributed by atoms with Gasteiger partial charge in [-0.2, -0.15) is 0 Å². The zero-order valence-corrected chi connectivity index (χ0v) is 15.0. The number of aryl methyl sites for hydroxylation is 1. The molecule has 1 N–H and O–H groups in total. The predicted octanol–water partition coefficient (Wildman–Crippen LogP) is 5.33. The van der Waals surface area contributed by atoms with Crippen molar-refractivity contribution >= 4 is 39.1 Å². The number of hydrogen-bond acceptors (Lipinski definition) is 3. The number of hydrogen-bond donors (Lipinski definition) is 1. The number of oxazole rings is 1. The van der Waals surface area contributed by atoms with Crippen molar-refractivity contribution in [2.24, 2.45) is 0 Å². The number of halogens is 2. The minimum Gasteiger partial charge on any atom is -0.441 e. The van der Waals surface area contributed by atoms with Gasteiger partial charge in [0.2, 0.25) is 5.91 Å². The first-order chi connectivity index (χ1) is 11.6. The first-order valence-electron chi connectivity index (χ1n) is 7.37. The molecule has 122 valence electrons. The Kier molecular flexibility index (Phi) is 5.33. The molecule has 0 fully saturated rings. The van der Waals surface area contributed by atoms with Gasteiger partial charge in [-0.05, 0) is 24.3 Å². The summed E-state index contributed by atoms with van der Waals surface area (Å²) in [6, 6.07) is 14.9. The monoisotopic (exact) mass is 404 g/mol. The molecule has 3 aromatic rings. The van der Waals surface area contributed by atoms with Gasteiger partial charge in [-0.1, -0.05) is 51.8 Å². The molecule has 3 rings (SSSR count). The number of rotatable bonds is 5. The van der Waals surface area contributed by atoms with E-state index < -0.39 is 0 Å². The molecule has 4 nitrogen and oxygen atoms in total. The van der Waals surface area contributed by atoms with Crippen molar-refractivity contribution in [1.29, 1.82) is 0 Å². The molecule has 1 amide bonds. The van der Waals surface area contributed by atoms with Crippen LogP contribution in [0.2, 0.25) is 5.02 Å². The SMILES string of the molecule is O=C(CCc1ncc(-c2ccc(Br)cc2)o1)Nc1ccccc1Cl. The van der Waals surface area contributed by atoms with Crippen molar-refractivity contribution in [3.63, 3.8) is 0 Å². The Balaban J connectivity index is 1.58. The number of para-hydroxylation sites is 1. The minimum atomic E-state index is -0.133. The Morgan fingerprint density at radius 1 is 1.17 bits per heavy atom. The van der Waals surface area contributed by atoms with Gasteiger partial charge in [0.25, 0.3) is 0 Å². The van der Waals surface area contributed by atoms with Crippen LogP contribution >= 0.6 is 27.5 Å². The molecule has 0 aliphatic rings. The normalized spacial score (nSPS) is 10.6. The van der Waals surface area contributed by atoms with Crippen molar-refractivity contribution < 1.29 is 9.21 Å². The van der Waals surface area contributed by atoms with Crippen molar-refractivity contribution in [2.75, 3.05) is 5.32 Å². The number of aromatic nitrogens is 1. The van der Waals surface area contributed by atoms with Crippen LogP contribution < -0.4 is 5.32 Å². The van der Waals surface area contributed by atoms with Gasteiger partial charge in [0.15, 0.2) is 11.7 Å². The van der Waals surface area contributed by atoms with E-state index in [4.69, 9.17) is 16.0 Å². The highest BCUT2D eigenvalue weighted by Crippen LogP contribution is 2.23. The van der Waals surface area contributed by atoms with E-state index in [1.54, 1.807) is 18.3 Å². The van der Waals surface area contributed by atoms with Crippen LogP contribution in [0.15, 0.2) is 63.6 Å². The second-order valence-corrected chi connectivity index (χ2v) is 6.48. The zero-order valence-electron chi connectivity index (χ0n) is 12.6. The summed E-state index contributed by atoms with van der Waals surface area (Å²) in [5.41, 5.74) is 1.55. The zero-order chi connectivity index (χ0) is 16.9. The maximum atomic E-state index is 12.0. The maximum absolute atomic E-state index is 12.0. The minimum absolute atomic E-state index is 0.133. The Morgan fingerprint density at radius 3 is 2.67 bits per heavy atom. The molecule has 0 aliphatic carbocycles. The van der Waals surface area contributed by atoms with Crippen molar-refractivity contribution in [3.8, 4) is 11.3 Å². The molecule has 2 aromatic carbocycles. The summed E-state index contributed by atoms with van der Waals surface area (Å²) in [5, 5.41) is 3.29. The molecule has 0 radical (unpaired) electrons. The highest BCUT2D eigenvalue weighted by atomic mass is 79.9. The van der Waals surface area contributed by atoms with Gasteiger partial charge in [0.05, 0.1) is 16.9 Å². The summed E-state index contributed by atoms with van der Waals surface area (Å²) in [5.74, 6) is 1.08. The molecule has 1 heterocycles. The lowest BCUT2D eigenvalue weighted by atomic mass is 10.2. The lowest BCUT2D eigenvalue weighted by Crippen LogP contribution is -2.12. The topological polar surface area (TPSA) is 55.1 Å². The summed E-state index contributed by atoms with van der Waals surface area (Å²) in [6.07, 6.45) is 2.36. The van der Waals surface area contributed by atoms with E-state index in [1.165, 1.54) is 0 Å². The summed E-state index contributed by atoms with van der Waals surface area (Å²) in [4.78, 5) is 16.2. The van der Waals surface area contributed by atoms with Crippen LogP contribution in [0.3, 0.4) is 0 Å². The molecular formula is C18H14BrClN2O2. The first kappa shape index (κ1) is 16.7. The van der Waals surface area contributed by atoms with E-state index in [0.29, 0.717) is 28.8 Å². The smallest absolute Gasteiger partial charge is 0.224 e. The molecule has 24 heavy (non-hydrogen) atoms. The van der Waals surface area contributed by atoms with E-state index in [9.17, 15) is 4.79 Å². The second-order valence-electron chi connectivity index (χ2n) is 5.15. The Labute approximate surface area is 153 Å². The van der Waals surface area contributed by atoms with E-state index in [2.05, 4.69) is 26.2 Å². The molecule has 6 heteroatoms. The number of anilines is 1. The molecule has 0 atom stereocenters. The number of benzene rings is 2. The Bertz CT molecular complexity index is 846. The van der Waals surface area contributed by atoms with E-state index >= 15 is 0 Å². The van der Waals surface area contributed by atoms with Gasteiger partial charge in [0, 0.05) is 22.9 Å². The van der Waals surface area contributed by atoms with Gasteiger partial charge in [-0.3, -0.25) is 4.79 Å². The standard InChI is InChI=1S/C18H14BrClN2O2/c19-13-7-5-12(6-8-13)16-11-21-18(24-16)10-9-17(23)22-15-4-2-1-3-14(15)20/h1-8,11H,9-10H2,(H,22,23). The summed E-state index contributed by atoms with van der Waals surface area (Å²) in [6.45, 7) is 0. The van der Waals surface area contributed by atoms with Crippen LogP contribution in [0, 0.1) is 0 Å². The average molecular weight is 406 g/mol. The summed E-state index contributed by atoms with van der Waals surface area (Å²) < 4.78 is 6.70. The fourth-order valence-electron chi connectivity index (χ4n) is 2.17. The molecule has 0 saturated carbocycles. The van der Waals surface area contributed by atoms with Crippen LogP contribution in [0.5, 0.6) is 0 Å². The highest BCUT2D eigenvalue weighted by Gasteiger charge is 2.10. The number of nitrogens with zero attached hydrogens (tertiary/aromatic N) is 1. The van der Waals surface area contributed by atoms with Crippen LogP contribution in [-0.2, 0) is 11.2 Å². The van der Waals surface area contributed by atoms with Gasteiger partial charge < -0.3 is 9.73 Å². The highest BCUT2D eigenvalue weighted by molar-refractivity contribution is 9.10. The van der Waals surface area contributed by atoms with Crippen molar-refractivity contribution in [2.45, 2.75) is 12.8 Å². The third kappa shape index (κ3) is 4.24. The molecular weight excluding hydrogens is 392 g/mol. The molecule has 0 unspecified atom stereocenters. The largest absolute Gasteiger partial charge is 0.441 e.